The lowest BCUT2D eigenvalue weighted by atomic mass is 9.85. The maximum Gasteiger partial charge on any atom is 0.322 e. The molecular formula is C47H48N8O8S. The monoisotopic (exact) mass is 884 g/mol. The van der Waals surface area contributed by atoms with E-state index in [-0.39, 0.29) is 24.1 Å². The van der Waals surface area contributed by atoms with Crippen LogP contribution in [0.4, 0.5) is 11.4 Å². The zero-order valence-electron chi connectivity index (χ0n) is 36.1. The summed E-state index contributed by atoms with van der Waals surface area (Å²) in [5.41, 5.74) is 14.1. The van der Waals surface area contributed by atoms with E-state index in [0.29, 0.717) is 64.4 Å². The predicted octanol–water partition coefficient (Wildman–Crippen LogP) is 9.29. The van der Waals surface area contributed by atoms with Gasteiger partial charge in [0, 0.05) is 34.3 Å². The van der Waals surface area contributed by atoms with Crippen LogP contribution < -0.4 is 19.9 Å². The third-order valence-electron chi connectivity index (χ3n) is 10.6. The van der Waals surface area contributed by atoms with Crippen LogP contribution in [0.3, 0.4) is 0 Å². The summed E-state index contributed by atoms with van der Waals surface area (Å²) in [7, 11) is -2.72. The van der Waals surface area contributed by atoms with Gasteiger partial charge in [-0.3, -0.25) is 4.79 Å². The number of rotatable bonds is 12. The van der Waals surface area contributed by atoms with Crippen LogP contribution in [0.15, 0.2) is 81.8 Å². The molecule has 8 rings (SSSR count). The third-order valence-corrected chi connectivity index (χ3v) is 11.9. The maximum absolute atomic E-state index is 12.4. The van der Waals surface area contributed by atoms with Gasteiger partial charge in [0.2, 0.25) is 33.0 Å². The minimum absolute atomic E-state index is 0.00279. The van der Waals surface area contributed by atoms with E-state index < -0.39 is 27.8 Å². The van der Waals surface area contributed by atoms with Crippen molar-refractivity contribution in [1.29, 1.82) is 0 Å². The summed E-state index contributed by atoms with van der Waals surface area (Å²) in [6.07, 6.45) is 5.01. The van der Waals surface area contributed by atoms with Crippen LogP contribution in [0.1, 0.15) is 87.7 Å². The highest BCUT2D eigenvalue weighted by atomic mass is 32.2. The summed E-state index contributed by atoms with van der Waals surface area (Å²) in [5.74, 6) is 1.04. The first-order valence-corrected chi connectivity index (χ1v) is 22.5. The van der Waals surface area contributed by atoms with Gasteiger partial charge in [0.05, 0.1) is 32.5 Å². The molecule has 3 N–H and O–H groups in total. The van der Waals surface area contributed by atoms with E-state index in [2.05, 4.69) is 45.5 Å². The Bertz CT molecular complexity index is 2860. The van der Waals surface area contributed by atoms with Crippen molar-refractivity contribution in [3.63, 3.8) is 0 Å². The summed E-state index contributed by atoms with van der Waals surface area (Å²) in [4.78, 5) is 27.7. The number of nitrogens with zero attached hydrogens (tertiary/aromatic N) is 6. The number of benzene rings is 4. The molecule has 0 amide bonds. The summed E-state index contributed by atoms with van der Waals surface area (Å²) in [6.45, 7) is 22.5. The van der Waals surface area contributed by atoms with Gasteiger partial charge in [0.25, 0.3) is 11.8 Å². The van der Waals surface area contributed by atoms with Crippen LogP contribution >= 0.6 is 0 Å². The summed E-state index contributed by atoms with van der Waals surface area (Å²) < 4.78 is 54.4. The first-order chi connectivity index (χ1) is 30.8. The standard InChI is InChI=1S/C25H26N4O6S.C22H22N4O2/c1-15(2)34-22-12-11-16(13-21(22)26-3)25-27-24(28-35-25)19-9-5-8-18-17(19)7-6-10-20(18)29-36(31,32)14-23(30)33-4;1-13(2)27-20-11-10-14(12-19(20)24-3)22-25-21(26-28-22)17-8-4-7-16-15(17)6-5-9-18(16)23/h5,8-9,11-13,15,20,29H,6-7,10,14H2,1-2,4H3;4,7-8,10-13,18H,5-6,9,23H2,1-2H3/t20-;18-/m11/s1. The number of fused-ring (bicyclic) bond motifs is 2. The Morgan fingerprint density at radius 1 is 0.781 bits per heavy atom. The Balaban J connectivity index is 0.000000197. The molecule has 2 atom stereocenters. The Kier molecular flexibility index (Phi) is 13.8. The highest BCUT2D eigenvalue weighted by molar-refractivity contribution is 7.90. The normalized spacial score (nSPS) is 15.5. The summed E-state index contributed by atoms with van der Waals surface area (Å²) in [5, 5.41) is 8.34. The zero-order chi connectivity index (χ0) is 45.5. The lowest BCUT2D eigenvalue weighted by Gasteiger charge is -2.27. The zero-order valence-corrected chi connectivity index (χ0v) is 36.9. The Labute approximate surface area is 371 Å². The molecule has 0 aliphatic heterocycles. The van der Waals surface area contributed by atoms with Gasteiger partial charge in [-0.25, -0.2) is 22.8 Å². The quantitative estimate of drug-likeness (QED) is 0.0870. The molecule has 6 aromatic rings. The largest absolute Gasteiger partial charge is 0.502 e. The van der Waals surface area contributed by atoms with Crippen LogP contribution in [0.5, 0.6) is 11.5 Å². The second-order valence-electron chi connectivity index (χ2n) is 15.9. The molecule has 0 spiro atoms. The Morgan fingerprint density at radius 2 is 1.28 bits per heavy atom. The minimum atomic E-state index is -3.87. The minimum Gasteiger partial charge on any atom is -0.502 e. The molecule has 4 aromatic carbocycles. The smallest absolute Gasteiger partial charge is 0.322 e. The number of nitrogens with one attached hydrogen (secondary N) is 1. The number of aromatic nitrogens is 4. The van der Waals surface area contributed by atoms with E-state index in [1.165, 1.54) is 11.1 Å². The number of esters is 1. The van der Waals surface area contributed by atoms with E-state index in [0.717, 1.165) is 55.0 Å². The molecule has 2 aliphatic rings. The van der Waals surface area contributed by atoms with Gasteiger partial charge in [-0.1, -0.05) is 46.7 Å². The highest BCUT2D eigenvalue weighted by Gasteiger charge is 2.29. The SMILES string of the molecule is [C-]#[N+]c1cc(-c2nc(-c3cccc4c3CCC[C@H]4N)no2)ccc1OC(C)C.[C-]#[N+]c1cc(-c2nc(-c3cccc4c3CCC[C@H]4NS(=O)(=O)CC(=O)OC)no2)ccc1OC(C)C. The van der Waals surface area contributed by atoms with E-state index in [1.54, 1.807) is 30.3 Å². The number of nitrogens with two attached hydrogens (primary N) is 1. The second-order valence-corrected chi connectivity index (χ2v) is 17.7. The summed E-state index contributed by atoms with van der Waals surface area (Å²) in [6, 6.07) is 21.6. The molecule has 0 saturated heterocycles. The Morgan fingerprint density at radius 3 is 1.78 bits per heavy atom. The number of hydrogen-bond acceptors (Lipinski definition) is 13. The van der Waals surface area contributed by atoms with Crippen LogP contribution in [-0.4, -0.2) is 59.7 Å². The van der Waals surface area contributed by atoms with Crippen molar-refractivity contribution in [1.82, 2.24) is 25.0 Å². The maximum atomic E-state index is 12.4. The summed E-state index contributed by atoms with van der Waals surface area (Å²) >= 11 is 0. The molecule has 17 heteroatoms. The molecule has 0 saturated carbocycles. The number of carbonyl (C=O) groups excluding carboxylic acids is 1. The van der Waals surface area contributed by atoms with Crippen LogP contribution in [0.25, 0.3) is 55.4 Å². The molecule has 0 radical (unpaired) electrons. The van der Waals surface area contributed by atoms with Crippen molar-refractivity contribution < 1.29 is 36.5 Å². The van der Waals surface area contributed by atoms with Crippen LogP contribution in [0.2, 0.25) is 0 Å². The molecule has 16 nitrogen and oxygen atoms in total. The van der Waals surface area contributed by atoms with Crippen LogP contribution in [0, 0.1) is 13.1 Å². The van der Waals surface area contributed by atoms with Gasteiger partial charge in [-0.05, 0) is 125 Å². The first kappa shape index (κ1) is 45.1. The fraction of sp³-hybridized carbons (Fsp3) is 0.340. The van der Waals surface area contributed by atoms with Crippen molar-refractivity contribution in [2.24, 2.45) is 5.73 Å². The molecule has 2 heterocycles. The molecule has 330 valence electrons. The number of carbonyl (C=O) groups is 1. The lowest BCUT2D eigenvalue weighted by Crippen LogP contribution is -2.35. The van der Waals surface area contributed by atoms with E-state index in [9.17, 15) is 13.2 Å². The highest BCUT2D eigenvalue weighted by Crippen LogP contribution is 2.39. The molecule has 2 aromatic heterocycles. The fourth-order valence-corrected chi connectivity index (χ4v) is 9.02. The molecule has 0 fully saturated rings. The number of sulfonamides is 1. The van der Waals surface area contributed by atoms with Crippen molar-refractivity contribution in [3.8, 4) is 57.2 Å². The van der Waals surface area contributed by atoms with Gasteiger partial charge in [0.1, 0.15) is 11.5 Å². The molecule has 0 unspecified atom stereocenters. The molecule has 0 bridgehead atoms. The van der Waals surface area contributed by atoms with Gasteiger partial charge in [-0.2, -0.15) is 9.97 Å². The lowest BCUT2D eigenvalue weighted by molar-refractivity contribution is -0.137. The van der Waals surface area contributed by atoms with E-state index in [1.807, 2.05) is 64.1 Å². The van der Waals surface area contributed by atoms with Crippen LogP contribution in [-0.2, 0) is 32.4 Å². The predicted molar refractivity (Wildman–Crippen MR) is 239 cm³/mol. The number of methoxy groups -OCH3 is 1. The number of ether oxygens (including phenoxy) is 3. The second kappa shape index (κ2) is 19.6. The Hall–Kier alpha value is -6.92. The molecular weight excluding hydrogens is 837 g/mol. The first-order valence-electron chi connectivity index (χ1n) is 20.9. The van der Waals surface area contributed by atoms with E-state index >= 15 is 0 Å². The van der Waals surface area contributed by atoms with Gasteiger partial charge in [-0.15, -0.1) is 0 Å². The van der Waals surface area contributed by atoms with Crippen molar-refractivity contribution >= 4 is 27.4 Å². The van der Waals surface area contributed by atoms with E-state index in [4.69, 9.17) is 37.4 Å². The van der Waals surface area contributed by atoms with Crippen molar-refractivity contribution in [2.75, 3.05) is 12.9 Å². The van der Waals surface area contributed by atoms with Gasteiger partial charge in [0.15, 0.2) is 5.75 Å². The average molecular weight is 885 g/mol. The van der Waals surface area contributed by atoms with Crippen molar-refractivity contribution in [2.45, 2.75) is 90.5 Å². The van der Waals surface area contributed by atoms with Crippen molar-refractivity contribution in [3.05, 3.63) is 118 Å². The molecule has 64 heavy (non-hydrogen) atoms. The van der Waals surface area contributed by atoms with Gasteiger partial charge >= 0.3 is 5.97 Å². The fourth-order valence-electron chi connectivity index (χ4n) is 7.83. The topological polar surface area (TPSA) is 204 Å². The average Bonchev–Trinajstić information content (AvgIpc) is 3.98. The van der Waals surface area contributed by atoms with Gasteiger partial charge < -0.3 is 29.0 Å². The third kappa shape index (κ3) is 10.3. The number of hydrogen-bond donors (Lipinski definition) is 2. The molecule has 2 aliphatic carbocycles.